The number of ether oxygens (including phenoxy) is 1. The van der Waals surface area contributed by atoms with E-state index >= 15 is 0 Å². The fourth-order valence-corrected chi connectivity index (χ4v) is 3.13. The molecule has 0 unspecified atom stereocenters. The summed E-state index contributed by atoms with van der Waals surface area (Å²) in [6, 6.07) is 8.17. The van der Waals surface area contributed by atoms with E-state index in [4.69, 9.17) is 9.15 Å². The Labute approximate surface area is 133 Å². The number of aryl methyl sites for hydroxylation is 1. The van der Waals surface area contributed by atoms with Crippen LogP contribution in [-0.2, 0) is 24.3 Å². The van der Waals surface area contributed by atoms with Gasteiger partial charge in [0.05, 0.1) is 0 Å². The summed E-state index contributed by atoms with van der Waals surface area (Å²) in [6.45, 7) is 3.31. The highest BCUT2D eigenvalue weighted by atomic mass is 32.1. The average molecular weight is 317 g/mol. The Morgan fingerprint density at radius 1 is 1.32 bits per heavy atom. The van der Waals surface area contributed by atoms with Crippen LogP contribution in [0.1, 0.15) is 24.1 Å². The first-order valence-corrected chi connectivity index (χ1v) is 8.02. The predicted molar refractivity (Wildman–Crippen MR) is 88.3 cm³/mol. The molecule has 0 saturated heterocycles. The Kier molecular flexibility index (Phi) is 4.40. The highest BCUT2D eigenvalue weighted by Crippen LogP contribution is 2.29. The minimum Gasteiger partial charge on any atom is -0.461 e. The molecule has 0 aliphatic carbocycles. The second kappa shape index (κ2) is 6.46. The van der Waals surface area contributed by atoms with Gasteiger partial charge >= 0.3 is 0 Å². The van der Waals surface area contributed by atoms with Gasteiger partial charge in [0.15, 0.2) is 5.82 Å². The number of para-hydroxylation sites is 1. The molecule has 2 heterocycles. The summed E-state index contributed by atoms with van der Waals surface area (Å²) in [4.78, 5) is 6.60. The lowest BCUT2D eigenvalue weighted by atomic mass is 10.1. The Bertz CT molecular complexity index is 766. The summed E-state index contributed by atoms with van der Waals surface area (Å²) in [7, 11) is 3.67. The Hall–Kier alpha value is -1.92. The van der Waals surface area contributed by atoms with Crippen molar-refractivity contribution in [2.45, 2.75) is 26.5 Å². The van der Waals surface area contributed by atoms with E-state index in [1.165, 1.54) is 22.5 Å². The van der Waals surface area contributed by atoms with Crippen LogP contribution >= 0.6 is 11.5 Å². The maximum atomic E-state index is 5.95. The van der Waals surface area contributed by atoms with Gasteiger partial charge < -0.3 is 14.1 Å². The van der Waals surface area contributed by atoms with Crippen molar-refractivity contribution < 1.29 is 9.15 Å². The number of benzene rings is 1. The third-order valence-corrected chi connectivity index (χ3v) is 4.42. The van der Waals surface area contributed by atoms with Crippen LogP contribution in [0.5, 0.6) is 0 Å². The highest BCUT2D eigenvalue weighted by molar-refractivity contribution is 7.09. The van der Waals surface area contributed by atoms with Crippen molar-refractivity contribution in [3.05, 3.63) is 41.4 Å². The minimum atomic E-state index is 0.444. The SMILES string of the molecule is CCc1oc2ccccc2c1CN(C)c1nc(COC)ns1. The van der Waals surface area contributed by atoms with Gasteiger partial charge in [0.2, 0.25) is 5.13 Å². The van der Waals surface area contributed by atoms with Crippen LogP contribution in [-0.4, -0.2) is 23.5 Å². The van der Waals surface area contributed by atoms with Gasteiger partial charge in [0.1, 0.15) is 18.0 Å². The lowest BCUT2D eigenvalue weighted by Gasteiger charge is -2.15. The molecule has 0 aliphatic heterocycles. The van der Waals surface area contributed by atoms with Crippen molar-refractivity contribution in [3.8, 4) is 0 Å². The number of anilines is 1. The standard InChI is InChI=1S/C16H19N3O2S/c1-4-13-12(11-7-5-6-8-14(11)21-13)9-19(2)16-17-15(10-20-3)18-22-16/h5-8H,4,9-10H2,1-3H3. The van der Waals surface area contributed by atoms with Gasteiger partial charge in [-0.3, -0.25) is 0 Å². The summed E-state index contributed by atoms with van der Waals surface area (Å²) in [5.41, 5.74) is 2.17. The Morgan fingerprint density at radius 2 is 2.14 bits per heavy atom. The fraction of sp³-hybridized carbons (Fsp3) is 0.375. The van der Waals surface area contributed by atoms with Gasteiger partial charge in [-0.2, -0.15) is 4.37 Å². The summed E-state index contributed by atoms with van der Waals surface area (Å²) in [5.74, 6) is 1.76. The molecule has 0 bridgehead atoms. The first kappa shape index (κ1) is 15.0. The first-order chi connectivity index (χ1) is 10.7. The molecule has 0 fully saturated rings. The zero-order valence-corrected chi connectivity index (χ0v) is 13.8. The number of furan rings is 1. The number of rotatable bonds is 6. The van der Waals surface area contributed by atoms with Crippen molar-refractivity contribution in [1.29, 1.82) is 0 Å². The van der Waals surface area contributed by atoms with Crippen LogP contribution in [0.4, 0.5) is 5.13 Å². The predicted octanol–water partition coefficient (Wildman–Crippen LogP) is 3.63. The number of hydrogen-bond donors (Lipinski definition) is 0. The summed E-state index contributed by atoms with van der Waals surface area (Å²) in [5, 5.41) is 2.06. The number of fused-ring (bicyclic) bond motifs is 1. The van der Waals surface area contributed by atoms with E-state index in [-0.39, 0.29) is 0 Å². The lowest BCUT2D eigenvalue weighted by molar-refractivity contribution is 0.179. The second-order valence-electron chi connectivity index (χ2n) is 5.14. The zero-order chi connectivity index (χ0) is 15.5. The summed E-state index contributed by atoms with van der Waals surface area (Å²) >= 11 is 1.39. The zero-order valence-electron chi connectivity index (χ0n) is 13.0. The molecule has 0 N–H and O–H groups in total. The van der Waals surface area contributed by atoms with E-state index in [9.17, 15) is 0 Å². The molecule has 0 spiro atoms. The molecular weight excluding hydrogens is 298 g/mol. The molecule has 0 radical (unpaired) electrons. The van der Waals surface area contributed by atoms with E-state index in [2.05, 4.69) is 27.2 Å². The summed E-state index contributed by atoms with van der Waals surface area (Å²) < 4.78 is 15.3. The molecule has 5 nitrogen and oxygen atoms in total. The van der Waals surface area contributed by atoms with Gasteiger partial charge in [-0.25, -0.2) is 4.98 Å². The third-order valence-electron chi connectivity index (χ3n) is 3.56. The quantitative estimate of drug-likeness (QED) is 0.695. The number of aromatic nitrogens is 2. The third kappa shape index (κ3) is 2.84. The highest BCUT2D eigenvalue weighted by Gasteiger charge is 2.16. The molecule has 116 valence electrons. The minimum absolute atomic E-state index is 0.444. The van der Waals surface area contributed by atoms with Crippen LogP contribution in [0.15, 0.2) is 28.7 Å². The van der Waals surface area contributed by atoms with Crippen LogP contribution < -0.4 is 4.90 Å². The average Bonchev–Trinajstić information content (AvgIpc) is 3.13. The van der Waals surface area contributed by atoms with E-state index in [1.54, 1.807) is 7.11 Å². The Morgan fingerprint density at radius 3 is 2.91 bits per heavy atom. The van der Waals surface area contributed by atoms with Crippen molar-refractivity contribution in [2.24, 2.45) is 0 Å². The Balaban J connectivity index is 1.88. The maximum absolute atomic E-state index is 5.95. The molecule has 0 aliphatic rings. The van der Waals surface area contributed by atoms with E-state index in [0.717, 1.165) is 35.3 Å². The van der Waals surface area contributed by atoms with Gasteiger partial charge in [-0.05, 0) is 6.07 Å². The van der Waals surface area contributed by atoms with Gasteiger partial charge in [-0.15, -0.1) is 0 Å². The molecule has 0 saturated carbocycles. The van der Waals surface area contributed by atoms with Crippen LogP contribution in [0.25, 0.3) is 11.0 Å². The van der Waals surface area contributed by atoms with Crippen molar-refractivity contribution in [2.75, 3.05) is 19.1 Å². The molecule has 3 aromatic rings. The molecule has 22 heavy (non-hydrogen) atoms. The van der Waals surface area contributed by atoms with Gasteiger partial charge in [0.25, 0.3) is 0 Å². The van der Waals surface area contributed by atoms with Gasteiger partial charge in [0, 0.05) is 49.6 Å². The molecule has 3 rings (SSSR count). The van der Waals surface area contributed by atoms with E-state index < -0.39 is 0 Å². The van der Waals surface area contributed by atoms with E-state index in [0.29, 0.717) is 6.61 Å². The maximum Gasteiger partial charge on any atom is 0.205 e. The second-order valence-corrected chi connectivity index (χ2v) is 5.87. The molecule has 1 aromatic carbocycles. The number of hydrogen-bond acceptors (Lipinski definition) is 6. The molecule has 0 atom stereocenters. The van der Waals surface area contributed by atoms with Crippen LogP contribution in [0.3, 0.4) is 0 Å². The van der Waals surface area contributed by atoms with Gasteiger partial charge in [-0.1, -0.05) is 25.1 Å². The molecular formula is C16H19N3O2S. The number of methoxy groups -OCH3 is 1. The lowest BCUT2D eigenvalue weighted by Crippen LogP contribution is -2.16. The first-order valence-electron chi connectivity index (χ1n) is 7.24. The van der Waals surface area contributed by atoms with Crippen LogP contribution in [0.2, 0.25) is 0 Å². The smallest absolute Gasteiger partial charge is 0.205 e. The monoisotopic (exact) mass is 317 g/mol. The molecule has 0 amide bonds. The van der Waals surface area contributed by atoms with Crippen molar-refractivity contribution in [3.63, 3.8) is 0 Å². The normalized spacial score (nSPS) is 11.2. The van der Waals surface area contributed by atoms with Crippen molar-refractivity contribution >= 4 is 27.6 Å². The molecule has 2 aromatic heterocycles. The van der Waals surface area contributed by atoms with Crippen molar-refractivity contribution in [1.82, 2.24) is 9.36 Å². The summed E-state index contributed by atoms with van der Waals surface area (Å²) in [6.07, 6.45) is 0.878. The number of nitrogens with zero attached hydrogens (tertiary/aromatic N) is 3. The fourth-order valence-electron chi connectivity index (χ4n) is 2.50. The largest absolute Gasteiger partial charge is 0.461 e. The van der Waals surface area contributed by atoms with E-state index in [1.807, 2.05) is 25.2 Å². The topological polar surface area (TPSA) is 51.4 Å². The van der Waals surface area contributed by atoms with Crippen LogP contribution in [0, 0.1) is 0 Å². The molecule has 6 heteroatoms.